The molecule has 5 nitrogen and oxygen atoms in total. The van der Waals surface area contributed by atoms with Gasteiger partial charge in [-0.2, -0.15) is 0 Å². The van der Waals surface area contributed by atoms with Gasteiger partial charge in [-0.25, -0.2) is 0 Å². The van der Waals surface area contributed by atoms with E-state index >= 15 is 0 Å². The van der Waals surface area contributed by atoms with E-state index in [1.165, 1.54) is 0 Å². The summed E-state index contributed by atoms with van der Waals surface area (Å²) in [5.41, 5.74) is 6.53. The number of nitrogens with two attached hydrogens (primary N) is 1. The second kappa shape index (κ2) is 7.63. The number of methoxy groups -OCH3 is 1. The second-order valence-electron chi connectivity index (χ2n) is 4.52. The molecule has 1 amide bonds. The number of carbonyl (C=O) groups excluding carboxylic acids is 1. The maximum atomic E-state index is 11.6. The number of hydrogen-bond donors (Lipinski definition) is 2. The number of carbonyl (C=O) groups is 1. The molecule has 0 aliphatic rings. The average Bonchev–Trinajstić information content (AvgIpc) is 2.37. The Morgan fingerprint density at radius 1 is 1.42 bits per heavy atom. The molecule has 3 N–H and O–H groups in total. The highest BCUT2D eigenvalue weighted by atomic mass is 16.5. The van der Waals surface area contributed by atoms with Gasteiger partial charge in [-0.15, -0.1) is 0 Å². The normalized spacial score (nSPS) is 10.4. The van der Waals surface area contributed by atoms with Crippen LogP contribution in [0.3, 0.4) is 0 Å². The molecule has 0 atom stereocenters. The summed E-state index contributed by atoms with van der Waals surface area (Å²) in [6.45, 7) is 4.33. The summed E-state index contributed by atoms with van der Waals surface area (Å²) >= 11 is 0. The molecule has 1 rings (SSSR count). The van der Waals surface area contributed by atoms with Crippen molar-refractivity contribution >= 4 is 5.91 Å². The molecule has 0 aliphatic heterocycles. The first-order valence-electron chi connectivity index (χ1n) is 6.36. The van der Waals surface area contributed by atoms with Gasteiger partial charge in [0, 0.05) is 12.1 Å². The SMILES string of the molecule is COc1ccc(CCN)c(OCC(=O)NC(C)C)c1. The van der Waals surface area contributed by atoms with E-state index in [0.29, 0.717) is 24.5 Å². The lowest BCUT2D eigenvalue weighted by Gasteiger charge is -2.13. The lowest BCUT2D eigenvalue weighted by atomic mass is 10.1. The van der Waals surface area contributed by atoms with E-state index < -0.39 is 0 Å². The average molecular weight is 266 g/mol. The summed E-state index contributed by atoms with van der Waals surface area (Å²) in [4.78, 5) is 11.6. The Hall–Kier alpha value is -1.75. The molecule has 0 aromatic heterocycles. The highest BCUT2D eigenvalue weighted by molar-refractivity contribution is 5.77. The molecule has 0 bridgehead atoms. The first kappa shape index (κ1) is 15.3. The van der Waals surface area contributed by atoms with Crippen LogP contribution in [0.1, 0.15) is 19.4 Å². The van der Waals surface area contributed by atoms with Crippen molar-refractivity contribution in [2.24, 2.45) is 5.73 Å². The molecule has 19 heavy (non-hydrogen) atoms. The van der Waals surface area contributed by atoms with Gasteiger partial charge in [-0.05, 0) is 38.4 Å². The Morgan fingerprint density at radius 3 is 2.74 bits per heavy atom. The van der Waals surface area contributed by atoms with Crippen molar-refractivity contribution in [1.29, 1.82) is 0 Å². The van der Waals surface area contributed by atoms with Crippen LogP contribution in [-0.4, -0.2) is 32.2 Å². The molecule has 1 aromatic carbocycles. The van der Waals surface area contributed by atoms with Crippen molar-refractivity contribution in [2.75, 3.05) is 20.3 Å². The zero-order valence-corrected chi connectivity index (χ0v) is 11.7. The van der Waals surface area contributed by atoms with E-state index in [2.05, 4.69) is 5.32 Å². The third-order valence-corrected chi connectivity index (χ3v) is 2.50. The summed E-state index contributed by atoms with van der Waals surface area (Å²) in [5, 5.41) is 2.77. The van der Waals surface area contributed by atoms with Crippen molar-refractivity contribution in [3.8, 4) is 11.5 Å². The third kappa shape index (κ3) is 5.18. The fourth-order valence-corrected chi connectivity index (χ4v) is 1.67. The highest BCUT2D eigenvalue weighted by Crippen LogP contribution is 2.25. The van der Waals surface area contributed by atoms with E-state index in [1.807, 2.05) is 26.0 Å². The fourth-order valence-electron chi connectivity index (χ4n) is 1.67. The zero-order valence-electron chi connectivity index (χ0n) is 11.7. The van der Waals surface area contributed by atoms with Crippen LogP contribution in [-0.2, 0) is 11.2 Å². The van der Waals surface area contributed by atoms with Gasteiger partial charge >= 0.3 is 0 Å². The van der Waals surface area contributed by atoms with Crippen LogP contribution < -0.4 is 20.5 Å². The van der Waals surface area contributed by atoms with Crippen molar-refractivity contribution in [2.45, 2.75) is 26.3 Å². The van der Waals surface area contributed by atoms with Crippen molar-refractivity contribution in [3.63, 3.8) is 0 Å². The smallest absolute Gasteiger partial charge is 0.258 e. The molecular formula is C14H22N2O3. The Morgan fingerprint density at radius 2 is 2.16 bits per heavy atom. The van der Waals surface area contributed by atoms with Gasteiger partial charge in [0.05, 0.1) is 7.11 Å². The third-order valence-electron chi connectivity index (χ3n) is 2.50. The largest absolute Gasteiger partial charge is 0.497 e. The van der Waals surface area contributed by atoms with Crippen molar-refractivity contribution in [1.82, 2.24) is 5.32 Å². The Kier molecular flexibility index (Phi) is 6.15. The Balaban J connectivity index is 2.71. The molecule has 0 saturated heterocycles. The van der Waals surface area contributed by atoms with Crippen molar-refractivity contribution in [3.05, 3.63) is 23.8 Å². The second-order valence-corrected chi connectivity index (χ2v) is 4.52. The van der Waals surface area contributed by atoms with Gasteiger partial charge in [0.2, 0.25) is 0 Å². The number of benzene rings is 1. The maximum Gasteiger partial charge on any atom is 0.258 e. The lowest BCUT2D eigenvalue weighted by Crippen LogP contribution is -2.34. The van der Waals surface area contributed by atoms with Gasteiger partial charge in [-0.1, -0.05) is 6.07 Å². The number of ether oxygens (including phenoxy) is 2. The van der Waals surface area contributed by atoms with Gasteiger partial charge in [0.1, 0.15) is 11.5 Å². The summed E-state index contributed by atoms with van der Waals surface area (Å²) in [6.07, 6.45) is 0.700. The minimum absolute atomic E-state index is 0.0110. The topological polar surface area (TPSA) is 73.6 Å². The predicted molar refractivity (Wildman–Crippen MR) is 74.5 cm³/mol. The van der Waals surface area contributed by atoms with Crippen molar-refractivity contribution < 1.29 is 14.3 Å². The summed E-state index contributed by atoms with van der Waals surface area (Å²) < 4.78 is 10.7. The quantitative estimate of drug-likeness (QED) is 0.775. The minimum atomic E-state index is -0.142. The van der Waals surface area contributed by atoms with Crippen LogP contribution in [0.4, 0.5) is 0 Å². The number of hydrogen-bond acceptors (Lipinski definition) is 4. The molecule has 0 saturated carbocycles. The summed E-state index contributed by atoms with van der Waals surface area (Å²) in [7, 11) is 1.59. The molecule has 106 valence electrons. The number of nitrogens with one attached hydrogen (secondary N) is 1. The van der Waals surface area contributed by atoms with Crippen LogP contribution in [0.25, 0.3) is 0 Å². The molecule has 0 heterocycles. The molecule has 1 aromatic rings. The minimum Gasteiger partial charge on any atom is -0.497 e. The van der Waals surface area contributed by atoms with E-state index in [-0.39, 0.29) is 18.6 Å². The Labute approximate surface area is 114 Å². The first-order valence-corrected chi connectivity index (χ1v) is 6.36. The van der Waals surface area contributed by atoms with Crippen LogP contribution in [0, 0.1) is 0 Å². The summed E-state index contributed by atoms with van der Waals surface area (Å²) in [6, 6.07) is 5.63. The van der Waals surface area contributed by atoms with Crippen LogP contribution >= 0.6 is 0 Å². The lowest BCUT2D eigenvalue weighted by molar-refractivity contribution is -0.123. The van der Waals surface area contributed by atoms with Gasteiger partial charge < -0.3 is 20.5 Å². The van der Waals surface area contributed by atoms with Crippen LogP contribution in [0.15, 0.2) is 18.2 Å². The van der Waals surface area contributed by atoms with Gasteiger partial charge in [-0.3, -0.25) is 4.79 Å². The monoisotopic (exact) mass is 266 g/mol. The van der Waals surface area contributed by atoms with E-state index in [1.54, 1.807) is 13.2 Å². The van der Waals surface area contributed by atoms with E-state index in [4.69, 9.17) is 15.2 Å². The molecule has 5 heteroatoms. The fraction of sp³-hybridized carbons (Fsp3) is 0.500. The molecule has 0 aliphatic carbocycles. The zero-order chi connectivity index (χ0) is 14.3. The van der Waals surface area contributed by atoms with E-state index in [9.17, 15) is 4.79 Å². The molecule has 0 fully saturated rings. The molecular weight excluding hydrogens is 244 g/mol. The predicted octanol–water partition coefficient (Wildman–Crippen LogP) is 1.10. The number of rotatable bonds is 7. The summed E-state index contributed by atoms with van der Waals surface area (Å²) in [5.74, 6) is 1.19. The van der Waals surface area contributed by atoms with E-state index in [0.717, 1.165) is 5.56 Å². The maximum absolute atomic E-state index is 11.6. The molecule has 0 spiro atoms. The number of amides is 1. The van der Waals surface area contributed by atoms with Crippen LogP contribution in [0.5, 0.6) is 11.5 Å². The standard InChI is InChI=1S/C14H22N2O3/c1-10(2)16-14(17)9-19-13-8-12(18-3)5-4-11(13)6-7-15/h4-5,8,10H,6-7,9,15H2,1-3H3,(H,16,17). The Bertz CT molecular complexity index is 419. The highest BCUT2D eigenvalue weighted by Gasteiger charge is 2.09. The van der Waals surface area contributed by atoms with Gasteiger partial charge in [0.15, 0.2) is 6.61 Å². The van der Waals surface area contributed by atoms with Gasteiger partial charge in [0.25, 0.3) is 5.91 Å². The molecule has 0 radical (unpaired) electrons. The van der Waals surface area contributed by atoms with Crippen LogP contribution in [0.2, 0.25) is 0 Å². The molecule has 0 unspecified atom stereocenters. The first-order chi connectivity index (χ1) is 9.06.